The van der Waals surface area contributed by atoms with Crippen molar-refractivity contribution >= 4 is 5.69 Å². The second-order valence-electron chi connectivity index (χ2n) is 6.09. The van der Waals surface area contributed by atoms with E-state index in [0.29, 0.717) is 12.1 Å². The van der Waals surface area contributed by atoms with Gasteiger partial charge in [-0.25, -0.2) is 0 Å². The molecule has 0 radical (unpaired) electrons. The van der Waals surface area contributed by atoms with Gasteiger partial charge in [0.25, 0.3) is 0 Å². The average molecular weight is 276 g/mol. The van der Waals surface area contributed by atoms with E-state index in [0.717, 1.165) is 32.5 Å². The molecule has 1 saturated heterocycles. The lowest BCUT2D eigenvalue weighted by atomic mass is 10.0. The van der Waals surface area contributed by atoms with E-state index in [1.54, 1.807) is 0 Å². The molecule has 1 N–H and O–H groups in total. The maximum Gasteiger partial charge on any atom is 0.0605 e. The smallest absolute Gasteiger partial charge is 0.0605 e. The monoisotopic (exact) mass is 276 g/mol. The summed E-state index contributed by atoms with van der Waals surface area (Å²) in [7, 11) is 1.82. The van der Waals surface area contributed by atoms with Crippen molar-refractivity contribution < 1.29 is 4.74 Å². The highest BCUT2D eigenvalue weighted by Crippen LogP contribution is 2.26. The Morgan fingerprint density at radius 2 is 2.00 bits per heavy atom. The molecule has 0 amide bonds. The lowest BCUT2D eigenvalue weighted by Crippen LogP contribution is -2.37. The minimum absolute atomic E-state index is 0.439. The maximum atomic E-state index is 5.46. The zero-order valence-electron chi connectivity index (χ0n) is 13.3. The number of nitrogens with zero attached hydrogens (tertiary/aromatic N) is 1. The molecule has 0 aromatic heterocycles. The van der Waals surface area contributed by atoms with Gasteiger partial charge in [-0.05, 0) is 31.4 Å². The Labute approximate surface area is 123 Å². The standard InChI is InChI=1S/C17H28N2O/c1-13(2)18-12-15-11-14(3)5-6-17(15)19-9-7-16(20-4)8-10-19/h5-6,11,13,16,18H,7-10,12H2,1-4H3. The first kappa shape index (κ1) is 15.3. The summed E-state index contributed by atoms with van der Waals surface area (Å²) >= 11 is 0. The number of aryl methyl sites for hydroxylation is 1. The number of hydrogen-bond donors (Lipinski definition) is 1. The molecule has 0 bridgehead atoms. The van der Waals surface area contributed by atoms with Crippen molar-refractivity contribution in [2.24, 2.45) is 0 Å². The zero-order chi connectivity index (χ0) is 14.5. The van der Waals surface area contributed by atoms with E-state index in [1.165, 1.54) is 16.8 Å². The molecule has 0 aliphatic carbocycles. The van der Waals surface area contributed by atoms with Gasteiger partial charge in [-0.2, -0.15) is 0 Å². The van der Waals surface area contributed by atoms with Crippen LogP contribution in [-0.4, -0.2) is 32.3 Å². The number of methoxy groups -OCH3 is 1. The molecule has 0 saturated carbocycles. The molecular weight excluding hydrogens is 248 g/mol. The van der Waals surface area contributed by atoms with Crippen molar-refractivity contribution in [3.05, 3.63) is 29.3 Å². The fraction of sp³-hybridized carbons (Fsp3) is 0.647. The fourth-order valence-electron chi connectivity index (χ4n) is 2.81. The number of piperidine rings is 1. The number of ether oxygens (including phenoxy) is 1. The fourth-order valence-corrected chi connectivity index (χ4v) is 2.81. The summed E-state index contributed by atoms with van der Waals surface area (Å²) in [4.78, 5) is 2.51. The predicted molar refractivity (Wildman–Crippen MR) is 85.4 cm³/mol. The first-order chi connectivity index (χ1) is 9.60. The second kappa shape index (κ2) is 7.09. The van der Waals surface area contributed by atoms with Crippen LogP contribution in [0.25, 0.3) is 0 Å². The molecule has 0 unspecified atom stereocenters. The molecule has 1 aromatic carbocycles. The molecule has 1 aliphatic heterocycles. The second-order valence-corrected chi connectivity index (χ2v) is 6.09. The Kier molecular flexibility index (Phi) is 5.44. The van der Waals surface area contributed by atoms with Gasteiger partial charge in [-0.3, -0.25) is 0 Å². The quantitative estimate of drug-likeness (QED) is 0.894. The van der Waals surface area contributed by atoms with Crippen LogP contribution in [0.3, 0.4) is 0 Å². The summed E-state index contributed by atoms with van der Waals surface area (Å²) in [6.07, 6.45) is 2.69. The zero-order valence-corrected chi connectivity index (χ0v) is 13.3. The van der Waals surface area contributed by atoms with Crippen molar-refractivity contribution in [3.8, 4) is 0 Å². The molecule has 20 heavy (non-hydrogen) atoms. The van der Waals surface area contributed by atoms with Gasteiger partial charge in [0.1, 0.15) is 0 Å². The van der Waals surface area contributed by atoms with Gasteiger partial charge < -0.3 is 15.0 Å². The Morgan fingerprint density at radius 3 is 2.60 bits per heavy atom. The van der Waals surface area contributed by atoms with Crippen molar-refractivity contribution in [3.63, 3.8) is 0 Å². The van der Waals surface area contributed by atoms with E-state index in [1.807, 2.05) is 7.11 Å². The lowest BCUT2D eigenvalue weighted by Gasteiger charge is -2.34. The van der Waals surface area contributed by atoms with Gasteiger partial charge >= 0.3 is 0 Å². The van der Waals surface area contributed by atoms with Crippen LogP contribution in [0.5, 0.6) is 0 Å². The highest BCUT2D eigenvalue weighted by Gasteiger charge is 2.20. The van der Waals surface area contributed by atoms with Gasteiger partial charge in [0.2, 0.25) is 0 Å². The van der Waals surface area contributed by atoms with Crippen LogP contribution in [-0.2, 0) is 11.3 Å². The normalized spacial score (nSPS) is 16.9. The molecule has 1 aliphatic rings. The van der Waals surface area contributed by atoms with Gasteiger partial charge in [-0.15, -0.1) is 0 Å². The molecular formula is C17H28N2O. The largest absolute Gasteiger partial charge is 0.381 e. The summed E-state index contributed by atoms with van der Waals surface area (Å²) in [6.45, 7) is 9.68. The summed E-state index contributed by atoms with van der Waals surface area (Å²) in [5.74, 6) is 0. The van der Waals surface area contributed by atoms with Crippen LogP contribution in [0.4, 0.5) is 5.69 Å². The third-order valence-corrected chi connectivity index (χ3v) is 4.05. The first-order valence-corrected chi connectivity index (χ1v) is 7.71. The Bertz CT molecular complexity index is 423. The van der Waals surface area contributed by atoms with Crippen LogP contribution in [0, 0.1) is 6.92 Å². The van der Waals surface area contributed by atoms with Crippen molar-refractivity contribution in [2.45, 2.75) is 52.3 Å². The Balaban J connectivity index is 2.10. The lowest BCUT2D eigenvalue weighted by molar-refractivity contribution is 0.0819. The number of hydrogen-bond acceptors (Lipinski definition) is 3. The maximum absolute atomic E-state index is 5.46. The molecule has 3 heteroatoms. The van der Waals surface area contributed by atoms with E-state index < -0.39 is 0 Å². The topological polar surface area (TPSA) is 24.5 Å². The Hall–Kier alpha value is -1.06. The van der Waals surface area contributed by atoms with Gasteiger partial charge in [0.05, 0.1) is 6.10 Å². The van der Waals surface area contributed by atoms with E-state index in [-0.39, 0.29) is 0 Å². The third-order valence-electron chi connectivity index (χ3n) is 4.05. The molecule has 1 heterocycles. The van der Waals surface area contributed by atoms with Crippen LogP contribution < -0.4 is 10.2 Å². The van der Waals surface area contributed by atoms with Crippen molar-refractivity contribution in [1.82, 2.24) is 5.32 Å². The molecule has 1 fully saturated rings. The van der Waals surface area contributed by atoms with Gasteiger partial charge in [0, 0.05) is 38.5 Å². The van der Waals surface area contributed by atoms with Crippen LogP contribution in [0.1, 0.15) is 37.8 Å². The molecule has 112 valence electrons. The van der Waals surface area contributed by atoms with Crippen LogP contribution >= 0.6 is 0 Å². The third kappa shape index (κ3) is 3.97. The van der Waals surface area contributed by atoms with E-state index in [9.17, 15) is 0 Å². The van der Waals surface area contributed by atoms with Gasteiger partial charge in [0.15, 0.2) is 0 Å². The molecule has 0 atom stereocenters. The number of anilines is 1. The van der Waals surface area contributed by atoms with Crippen molar-refractivity contribution in [2.75, 3.05) is 25.1 Å². The summed E-state index contributed by atoms with van der Waals surface area (Å²) < 4.78 is 5.46. The van der Waals surface area contributed by atoms with Crippen molar-refractivity contribution in [1.29, 1.82) is 0 Å². The SMILES string of the molecule is COC1CCN(c2ccc(C)cc2CNC(C)C)CC1. The average Bonchev–Trinajstić information content (AvgIpc) is 2.45. The molecule has 3 nitrogen and oxygen atoms in total. The van der Waals surface area contributed by atoms with E-state index in [2.05, 4.69) is 49.2 Å². The highest BCUT2D eigenvalue weighted by atomic mass is 16.5. The van der Waals surface area contributed by atoms with Crippen LogP contribution in [0.15, 0.2) is 18.2 Å². The summed E-state index contributed by atoms with van der Waals surface area (Å²) in [6, 6.07) is 7.33. The minimum atomic E-state index is 0.439. The summed E-state index contributed by atoms with van der Waals surface area (Å²) in [5, 5.41) is 3.54. The molecule has 1 aromatic rings. The molecule has 2 rings (SSSR count). The number of benzene rings is 1. The predicted octanol–water partition coefficient (Wildman–Crippen LogP) is 3.11. The minimum Gasteiger partial charge on any atom is -0.381 e. The van der Waals surface area contributed by atoms with E-state index >= 15 is 0 Å². The molecule has 0 spiro atoms. The number of nitrogens with one attached hydrogen (secondary N) is 1. The van der Waals surface area contributed by atoms with Gasteiger partial charge in [-0.1, -0.05) is 31.5 Å². The summed E-state index contributed by atoms with van der Waals surface area (Å²) in [5.41, 5.74) is 4.13. The highest BCUT2D eigenvalue weighted by molar-refractivity contribution is 5.55. The Morgan fingerprint density at radius 1 is 1.30 bits per heavy atom. The van der Waals surface area contributed by atoms with E-state index in [4.69, 9.17) is 4.74 Å². The van der Waals surface area contributed by atoms with Crippen LogP contribution in [0.2, 0.25) is 0 Å². The number of rotatable bonds is 5. The first-order valence-electron chi connectivity index (χ1n) is 7.71.